The Morgan fingerprint density at radius 1 is 1.06 bits per heavy atom. The summed E-state index contributed by atoms with van der Waals surface area (Å²) in [5.41, 5.74) is 5.94. The zero-order valence-electron chi connectivity index (χ0n) is 20.9. The molecule has 0 saturated carbocycles. The first-order chi connectivity index (χ1) is 17.6. The number of methoxy groups -OCH3 is 1. The van der Waals surface area contributed by atoms with E-state index in [2.05, 4.69) is 52.7 Å². The molecule has 0 bridgehead atoms. The Labute approximate surface area is 212 Å². The normalized spacial score (nSPS) is 15.2. The van der Waals surface area contributed by atoms with Crippen LogP contribution in [-0.4, -0.2) is 37.0 Å². The molecule has 2 heterocycles. The molecule has 3 aromatic carbocycles. The van der Waals surface area contributed by atoms with Gasteiger partial charge in [-0.3, -0.25) is 9.69 Å². The van der Waals surface area contributed by atoms with E-state index in [1.165, 1.54) is 5.56 Å². The molecule has 0 atom stereocenters. The predicted molar refractivity (Wildman–Crippen MR) is 145 cm³/mol. The Bertz CT molecular complexity index is 1350. The van der Waals surface area contributed by atoms with Crippen molar-refractivity contribution in [2.24, 2.45) is 0 Å². The number of amides is 1. The van der Waals surface area contributed by atoms with Gasteiger partial charge >= 0.3 is 0 Å². The maximum atomic E-state index is 12.9. The molecule has 1 amide bonds. The average Bonchev–Trinajstić information content (AvgIpc) is 3.33. The number of carbonyl (C=O) groups is 1. The van der Waals surface area contributed by atoms with Crippen LogP contribution in [0.25, 0.3) is 27.7 Å². The first-order valence-electron chi connectivity index (χ1n) is 12.5. The topological polar surface area (TPSA) is 54.7 Å². The first-order valence-corrected chi connectivity index (χ1v) is 12.5. The van der Waals surface area contributed by atoms with E-state index in [0.717, 1.165) is 65.7 Å². The second-order valence-corrected chi connectivity index (χ2v) is 9.44. The van der Waals surface area contributed by atoms with Gasteiger partial charge in [0.15, 0.2) is 0 Å². The van der Waals surface area contributed by atoms with Crippen molar-refractivity contribution in [1.82, 2.24) is 10.2 Å². The van der Waals surface area contributed by atoms with Crippen molar-refractivity contribution in [3.63, 3.8) is 0 Å². The third-order valence-electron chi connectivity index (χ3n) is 6.94. The highest BCUT2D eigenvalue weighted by molar-refractivity contribution is 6.00. The summed E-state index contributed by atoms with van der Waals surface area (Å²) in [6.07, 6.45) is 5.37. The predicted octanol–water partition coefficient (Wildman–Crippen LogP) is 6.29. The lowest BCUT2D eigenvalue weighted by atomic mass is 9.99. The first kappa shape index (κ1) is 23.9. The molecule has 5 nitrogen and oxygen atoms in total. The fraction of sp³-hybridized carbons (Fsp3) is 0.258. The summed E-state index contributed by atoms with van der Waals surface area (Å²) in [5, 5.41) is 4.21. The quantitative estimate of drug-likeness (QED) is 0.316. The number of hydrogen-bond acceptors (Lipinski definition) is 4. The fourth-order valence-electron chi connectivity index (χ4n) is 4.97. The van der Waals surface area contributed by atoms with Gasteiger partial charge in [-0.25, -0.2) is 0 Å². The molecule has 1 aliphatic heterocycles. The summed E-state index contributed by atoms with van der Waals surface area (Å²) < 4.78 is 11.5. The van der Waals surface area contributed by atoms with E-state index in [0.29, 0.717) is 5.75 Å². The van der Waals surface area contributed by atoms with Gasteiger partial charge in [-0.15, -0.1) is 0 Å². The molecule has 5 heteroatoms. The van der Waals surface area contributed by atoms with E-state index in [1.54, 1.807) is 19.4 Å². The van der Waals surface area contributed by atoms with Gasteiger partial charge in [0.1, 0.15) is 11.3 Å². The number of likely N-dealkylation sites (tertiary alicyclic amines) is 1. The van der Waals surface area contributed by atoms with Crippen LogP contribution >= 0.6 is 0 Å². The molecule has 36 heavy (non-hydrogen) atoms. The average molecular weight is 481 g/mol. The lowest BCUT2D eigenvalue weighted by Gasteiger charge is -2.32. The molecule has 1 N–H and O–H groups in total. The minimum Gasteiger partial charge on any atom is -0.496 e. The van der Waals surface area contributed by atoms with Crippen molar-refractivity contribution in [2.75, 3.05) is 20.2 Å². The minimum absolute atomic E-state index is 0.0633. The van der Waals surface area contributed by atoms with Crippen molar-refractivity contribution in [1.29, 1.82) is 0 Å². The number of nitrogens with zero attached hydrogens (tertiary/aromatic N) is 1. The SMILES string of the molecule is COc1cc2occ(-c3ccccc3)c2cc1/C(C)=C/C(=O)NC1CCN(Cc2ccccc2)CC1. The van der Waals surface area contributed by atoms with Crippen molar-refractivity contribution >= 4 is 22.4 Å². The summed E-state index contributed by atoms with van der Waals surface area (Å²) in [6, 6.07) is 24.8. The lowest BCUT2D eigenvalue weighted by Crippen LogP contribution is -2.43. The number of nitrogens with one attached hydrogen (secondary N) is 1. The molecule has 5 rings (SSSR count). The summed E-state index contributed by atoms with van der Waals surface area (Å²) in [4.78, 5) is 15.4. The number of ether oxygens (including phenoxy) is 1. The molecule has 1 saturated heterocycles. The van der Waals surface area contributed by atoms with E-state index in [-0.39, 0.29) is 11.9 Å². The molecule has 0 radical (unpaired) electrons. The largest absolute Gasteiger partial charge is 0.496 e. The van der Waals surface area contributed by atoms with Gasteiger partial charge < -0.3 is 14.5 Å². The minimum atomic E-state index is -0.0633. The van der Waals surface area contributed by atoms with Crippen molar-refractivity contribution < 1.29 is 13.9 Å². The van der Waals surface area contributed by atoms with Crippen LogP contribution < -0.4 is 10.1 Å². The van der Waals surface area contributed by atoms with E-state index >= 15 is 0 Å². The highest BCUT2D eigenvalue weighted by Gasteiger charge is 2.21. The Kier molecular flexibility index (Phi) is 7.19. The number of furan rings is 1. The van der Waals surface area contributed by atoms with Gasteiger partial charge in [0.25, 0.3) is 0 Å². The third-order valence-corrected chi connectivity index (χ3v) is 6.94. The maximum absolute atomic E-state index is 12.9. The highest BCUT2D eigenvalue weighted by Crippen LogP contribution is 2.37. The monoisotopic (exact) mass is 480 g/mol. The molecule has 1 fully saturated rings. The molecule has 1 aromatic heterocycles. The Morgan fingerprint density at radius 3 is 2.44 bits per heavy atom. The van der Waals surface area contributed by atoms with Gasteiger partial charge in [-0.05, 0) is 42.5 Å². The van der Waals surface area contributed by atoms with Crippen LogP contribution in [0.1, 0.15) is 30.9 Å². The van der Waals surface area contributed by atoms with E-state index in [4.69, 9.17) is 9.15 Å². The molecule has 0 unspecified atom stereocenters. The van der Waals surface area contributed by atoms with Gasteiger partial charge in [0, 0.05) is 54.3 Å². The maximum Gasteiger partial charge on any atom is 0.244 e. The molecule has 1 aliphatic rings. The standard InChI is InChI=1S/C31H32N2O3/c1-22(17-31(34)32-25-13-15-33(16-14-25)20-23-9-5-3-6-10-23)26-18-27-28(24-11-7-4-8-12-24)21-36-30(27)19-29(26)35-2/h3-12,17-19,21,25H,13-16,20H2,1-2H3,(H,32,34)/b22-17+. The van der Waals surface area contributed by atoms with Crippen LogP contribution in [0.5, 0.6) is 5.75 Å². The molecule has 0 aliphatic carbocycles. The van der Waals surface area contributed by atoms with Crippen LogP contribution in [0, 0.1) is 0 Å². The number of carbonyl (C=O) groups excluding carboxylic acids is 1. The molecular weight excluding hydrogens is 448 g/mol. The summed E-state index contributed by atoms with van der Waals surface area (Å²) in [5.74, 6) is 0.624. The van der Waals surface area contributed by atoms with Crippen LogP contribution in [0.3, 0.4) is 0 Å². The number of rotatable bonds is 7. The van der Waals surface area contributed by atoms with Gasteiger partial charge in [0.2, 0.25) is 5.91 Å². The summed E-state index contributed by atoms with van der Waals surface area (Å²) >= 11 is 0. The zero-order valence-corrected chi connectivity index (χ0v) is 20.9. The van der Waals surface area contributed by atoms with Crippen LogP contribution in [0.15, 0.2) is 89.6 Å². The Morgan fingerprint density at radius 2 is 1.75 bits per heavy atom. The summed E-state index contributed by atoms with van der Waals surface area (Å²) in [7, 11) is 1.64. The van der Waals surface area contributed by atoms with Gasteiger partial charge in [0.05, 0.1) is 13.4 Å². The number of hydrogen-bond donors (Lipinski definition) is 1. The Balaban J connectivity index is 1.27. The van der Waals surface area contributed by atoms with Crippen LogP contribution in [0.4, 0.5) is 0 Å². The van der Waals surface area contributed by atoms with Gasteiger partial charge in [-0.2, -0.15) is 0 Å². The Hall–Kier alpha value is -3.83. The van der Waals surface area contributed by atoms with Crippen molar-refractivity contribution in [3.8, 4) is 16.9 Å². The number of fused-ring (bicyclic) bond motifs is 1. The molecule has 184 valence electrons. The molecular formula is C31H32N2O3. The lowest BCUT2D eigenvalue weighted by molar-refractivity contribution is -0.117. The van der Waals surface area contributed by atoms with Crippen molar-refractivity contribution in [3.05, 3.63) is 96.3 Å². The van der Waals surface area contributed by atoms with Gasteiger partial charge in [-0.1, -0.05) is 60.7 Å². The second kappa shape index (κ2) is 10.8. The van der Waals surface area contributed by atoms with Crippen LogP contribution in [0.2, 0.25) is 0 Å². The number of allylic oxidation sites excluding steroid dienone is 1. The fourth-order valence-corrected chi connectivity index (χ4v) is 4.97. The molecule has 0 spiro atoms. The molecule has 4 aromatic rings. The second-order valence-electron chi connectivity index (χ2n) is 9.44. The van der Waals surface area contributed by atoms with E-state index in [1.807, 2.05) is 37.3 Å². The summed E-state index contributed by atoms with van der Waals surface area (Å²) in [6.45, 7) is 4.88. The van der Waals surface area contributed by atoms with Crippen LogP contribution in [-0.2, 0) is 11.3 Å². The highest BCUT2D eigenvalue weighted by atomic mass is 16.5. The van der Waals surface area contributed by atoms with Crippen molar-refractivity contribution in [2.45, 2.75) is 32.4 Å². The third kappa shape index (κ3) is 5.37. The van der Waals surface area contributed by atoms with E-state index < -0.39 is 0 Å². The smallest absolute Gasteiger partial charge is 0.244 e. The zero-order chi connectivity index (χ0) is 24.9. The number of piperidine rings is 1. The van der Waals surface area contributed by atoms with E-state index in [9.17, 15) is 4.79 Å². The number of benzene rings is 3.